The Morgan fingerprint density at radius 3 is 2.64 bits per heavy atom. The molecule has 0 N–H and O–H groups in total. The van der Waals surface area contributed by atoms with Gasteiger partial charge in [-0.05, 0) is 25.7 Å². The number of unbranched alkanes of at least 4 members (excludes halogenated alkanes) is 5. The Bertz CT molecular complexity index is 556. The van der Waals surface area contributed by atoms with Crippen LogP contribution in [0.15, 0.2) is 21.9 Å². The first-order valence-electron chi connectivity index (χ1n) is 8.67. The summed E-state index contributed by atoms with van der Waals surface area (Å²) in [7, 11) is 0. The van der Waals surface area contributed by atoms with E-state index < -0.39 is 0 Å². The smallest absolute Gasteiger partial charge is 0.333 e. The van der Waals surface area contributed by atoms with Crippen molar-refractivity contribution in [1.82, 2.24) is 9.13 Å². The molecule has 5 heteroatoms. The summed E-state index contributed by atoms with van der Waals surface area (Å²) in [5.74, 6) is 0. The minimum atomic E-state index is -0.229. The third-order valence-corrected chi connectivity index (χ3v) is 4.30. The second kappa shape index (κ2) is 8.93. The molecule has 1 atom stereocenters. The summed E-state index contributed by atoms with van der Waals surface area (Å²) in [6.45, 7) is 3.39. The van der Waals surface area contributed by atoms with Crippen molar-refractivity contribution in [3.05, 3.63) is 33.1 Å². The number of nitrogens with zero attached hydrogens (tertiary/aromatic N) is 2. The predicted molar refractivity (Wildman–Crippen MR) is 87.2 cm³/mol. The summed E-state index contributed by atoms with van der Waals surface area (Å²) >= 11 is 0. The lowest BCUT2D eigenvalue weighted by molar-refractivity contribution is -0.0357. The highest BCUT2D eigenvalue weighted by Crippen LogP contribution is 2.20. The summed E-state index contributed by atoms with van der Waals surface area (Å²) in [4.78, 5) is 24.5. The third-order valence-electron chi connectivity index (χ3n) is 4.30. The average Bonchev–Trinajstić information content (AvgIpc) is 2.54. The van der Waals surface area contributed by atoms with Crippen molar-refractivity contribution in [2.45, 2.75) is 77.5 Å². The Kier molecular flexibility index (Phi) is 6.90. The molecule has 0 saturated carbocycles. The molecule has 1 fully saturated rings. The lowest BCUT2D eigenvalue weighted by atomic mass is 10.1. The molecule has 124 valence electrons. The van der Waals surface area contributed by atoms with Crippen LogP contribution in [0, 0.1) is 0 Å². The molecule has 0 aliphatic carbocycles. The summed E-state index contributed by atoms with van der Waals surface area (Å²) in [5, 5.41) is 0. The van der Waals surface area contributed by atoms with E-state index in [2.05, 4.69) is 6.92 Å². The third kappa shape index (κ3) is 4.57. The van der Waals surface area contributed by atoms with Crippen LogP contribution >= 0.6 is 0 Å². The molecule has 1 aliphatic heterocycles. The molecule has 0 bridgehead atoms. The van der Waals surface area contributed by atoms with Crippen LogP contribution in [0.1, 0.15) is 70.9 Å². The van der Waals surface area contributed by atoms with Gasteiger partial charge in [-0.15, -0.1) is 0 Å². The maximum Gasteiger partial charge on any atom is 0.333 e. The van der Waals surface area contributed by atoms with Crippen molar-refractivity contribution in [1.29, 1.82) is 0 Å². The topological polar surface area (TPSA) is 53.2 Å². The molecule has 1 aromatic heterocycles. The van der Waals surface area contributed by atoms with Crippen LogP contribution in [0.3, 0.4) is 0 Å². The van der Waals surface area contributed by atoms with Crippen LogP contribution < -0.4 is 11.2 Å². The van der Waals surface area contributed by atoms with E-state index in [1.54, 1.807) is 10.8 Å². The zero-order valence-corrected chi connectivity index (χ0v) is 13.6. The number of ether oxygens (including phenoxy) is 1. The van der Waals surface area contributed by atoms with Gasteiger partial charge in [0.25, 0.3) is 5.56 Å². The monoisotopic (exact) mass is 308 g/mol. The first-order chi connectivity index (χ1) is 10.7. The number of aromatic nitrogens is 2. The number of hydrogen-bond acceptors (Lipinski definition) is 3. The molecular weight excluding hydrogens is 280 g/mol. The van der Waals surface area contributed by atoms with Gasteiger partial charge < -0.3 is 4.74 Å². The van der Waals surface area contributed by atoms with Crippen LogP contribution in [-0.2, 0) is 11.3 Å². The van der Waals surface area contributed by atoms with Gasteiger partial charge in [0.15, 0.2) is 0 Å². The Morgan fingerprint density at radius 1 is 1.14 bits per heavy atom. The van der Waals surface area contributed by atoms with Gasteiger partial charge >= 0.3 is 5.69 Å². The largest absolute Gasteiger partial charge is 0.358 e. The second-order valence-electron chi connectivity index (χ2n) is 6.08. The van der Waals surface area contributed by atoms with Gasteiger partial charge in [-0.1, -0.05) is 39.0 Å². The number of hydrogen-bond donors (Lipinski definition) is 0. The highest BCUT2D eigenvalue weighted by atomic mass is 16.5. The Morgan fingerprint density at radius 2 is 1.91 bits per heavy atom. The van der Waals surface area contributed by atoms with Crippen LogP contribution in [-0.4, -0.2) is 15.7 Å². The maximum atomic E-state index is 12.5. The van der Waals surface area contributed by atoms with E-state index in [-0.39, 0.29) is 17.5 Å². The fraction of sp³-hybridized carbons (Fsp3) is 0.765. The van der Waals surface area contributed by atoms with Crippen molar-refractivity contribution in [3.63, 3.8) is 0 Å². The molecule has 0 aromatic carbocycles. The normalized spacial score (nSPS) is 18.5. The van der Waals surface area contributed by atoms with E-state index in [1.165, 1.54) is 36.3 Å². The molecule has 22 heavy (non-hydrogen) atoms. The first-order valence-corrected chi connectivity index (χ1v) is 8.67. The molecule has 1 aliphatic rings. The van der Waals surface area contributed by atoms with Crippen molar-refractivity contribution >= 4 is 0 Å². The molecular formula is C17H28N2O3. The minimum Gasteiger partial charge on any atom is -0.358 e. The van der Waals surface area contributed by atoms with E-state index in [0.29, 0.717) is 13.2 Å². The zero-order valence-electron chi connectivity index (χ0n) is 13.6. The quantitative estimate of drug-likeness (QED) is 0.694. The molecule has 2 heterocycles. The molecule has 1 saturated heterocycles. The average molecular weight is 308 g/mol. The highest BCUT2D eigenvalue weighted by molar-refractivity contribution is 4.88. The predicted octanol–water partition coefficient (Wildman–Crippen LogP) is 3.07. The molecule has 1 unspecified atom stereocenters. The Hall–Kier alpha value is -1.36. The first kappa shape index (κ1) is 17.0. The van der Waals surface area contributed by atoms with Crippen molar-refractivity contribution in [2.75, 3.05) is 6.61 Å². The summed E-state index contributed by atoms with van der Waals surface area (Å²) < 4.78 is 8.60. The van der Waals surface area contributed by atoms with Crippen molar-refractivity contribution < 1.29 is 4.74 Å². The molecule has 2 rings (SSSR count). The van der Waals surface area contributed by atoms with E-state index in [4.69, 9.17) is 4.74 Å². The molecule has 5 nitrogen and oxygen atoms in total. The summed E-state index contributed by atoms with van der Waals surface area (Å²) in [5.41, 5.74) is -0.432. The van der Waals surface area contributed by atoms with E-state index in [9.17, 15) is 9.59 Å². The number of rotatable bonds is 8. The Labute approximate surface area is 131 Å². The molecule has 0 spiro atoms. The SMILES string of the molecule is CCCCCCCCn1c(=O)ccn(C2CCCCO2)c1=O. The molecule has 0 radical (unpaired) electrons. The van der Waals surface area contributed by atoms with Crippen molar-refractivity contribution in [2.24, 2.45) is 0 Å². The summed E-state index contributed by atoms with van der Waals surface area (Å²) in [6, 6.07) is 1.48. The van der Waals surface area contributed by atoms with Crippen molar-refractivity contribution in [3.8, 4) is 0 Å². The lowest BCUT2D eigenvalue weighted by Gasteiger charge is -2.24. The van der Waals surface area contributed by atoms with Gasteiger partial charge in [0.2, 0.25) is 0 Å². The standard InChI is InChI=1S/C17H28N2O3/c1-2-3-4-5-6-8-12-18-15(20)11-13-19(17(18)21)16-10-7-9-14-22-16/h11,13,16H,2-10,12,14H2,1H3. The zero-order chi connectivity index (χ0) is 15.8. The lowest BCUT2D eigenvalue weighted by Crippen LogP contribution is -2.41. The highest BCUT2D eigenvalue weighted by Gasteiger charge is 2.18. The van der Waals surface area contributed by atoms with Crippen LogP contribution in [0.2, 0.25) is 0 Å². The Balaban J connectivity index is 1.98. The van der Waals surface area contributed by atoms with Gasteiger partial charge in [-0.3, -0.25) is 13.9 Å². The van der Waals surface area contributed by atoms with Crippen LogP contribution in [0.25, 0.3) is 0 Å². The fourth-order valence-electron chi connectivity index (χ4n) is 2.95. The van der Waals surface area contributed by atoms with Gasteiger partial charge in [0, 0.05) is 25.4 Å². The van der Waals surface area contributed by atoms with Gasteiger partial charge in [-0.2, -0.15) is 0 Å². The fourth-order valence-corrected chi connectivity index (χ4v) is 2.95. The van der Waals surface area contributed by atoms with E-state index in [0.717, 1.165) is 32.1 Å². The molecule has 0 amide bonds. The van der Waals surface area contributed by atoms with E-state index in [1.807, 2.05) is 0 Å². The van der Waals surface area contributed by atoms with Gasteiger partial charge in [0.1, 0.15) is 6.23 Å². The van der Waals surface area contributed by atoms with E-state index >= 15 is 0 Å². The van der Waals surface area contributed by atoms with Crippen LogP contribution in [0.4, 0.5) is 0 Å². The second-order valence-corrected chi connectivity index (χ2v) is 6.08. The van der Waals surface area contributed by atoms with Crippen LogP contribution in [0.5, 0.6) is 0 Å². The van der Waals surface area contributed by atoms with Gasteiger partial charge in [-0.25, -0.2) is 4.79 Å². The van der Waals surface area contributed by atoms with Gasteiger partial charge in [0.05, 0.1) is 0 Å². The minimum absolute atomic E-state index is 0.203. The molecule has 1 aromatic rings. The maximum absolute atomic E-state index is 12.5. The summed E-state index contributed by atoms with van der Waals surface area (Å²) in [6.07, 6.45) is 11.2.